The van der Waals surface area contributed by atoms with Crippen LogP contribution in [0.1, 0.15) is 30.0 Å². The molecule has 32 heavy (non-hydrogen) atoms. The molecule has 4 amide bonds. The molecule has 9 nitrogen and oxygen atoms in total. The van der Waals surface area contributed by atoms with E-state index in [1.54, 1.807) is 6.92 Å². The molecule has 0 fully saturated rings. The van der Waals surface area contributed by atoms with Crippen molar-refractivity contribution in [3.8, 4) is 0 Å². The van der Waals surface area contributed by atoms with Gasteiger partial charge in [-0.15, -0.1) is 0 Å². The minimum absolute atomic E-state index is 0.189. The number of rotatable bonds is 11. The highest BCUT2D eigenvalue weighted by atomic mass is 16.6. The Bertz CT molecular complexity index is 860. The maximum Gasteiger partial charge on any atom is 0.407 e. The summed E-state index contributed by atoms with van der Waals surface area (Å²) in [5, 5.41) is 10.8. The molecule has 0 aromatic heterocycles. The fourth-order valence-electron chi connectivity index (χ4n) is 2.71. The maximum absolute atomic E-state index is 11.8. The Hall–Kier alpha value is -3.75. The molecule has 0 aliphatic carbocycles. The highest BCUT2D eigenvalue weighted by Gasteiger charge is 2.05. The van der Waals surface area contributed by atoms with Crippen molar-refractivity contribution in [1.82, 2.24) is 21.3 Å². The summed E-state index contributed by atoms with van der Waals surface area (Å²) < 4.78 is 9.94. The standard InChI is InChI=1S/C23H30N4O5/c1-2-31-22(29)26-16-19-10-6-11-20(14-19)17-27-23(30)32-13-7-12-24-21(28)25-15-18-8-4-3-5-9-18/h3-6,8-11,14H,2,7,12-13,15-17H2,1H3,(H,26,29)(H,27,30)(H2,24,25,28). The van der Waals surface area contributed by atoms with E-state index in [0.29, 0.717) is 39.2 Å². The lowest BCUT2D eigenvalue weighted by atomic mass is 10.1. The number of benzene rings is 2. The highest BCUT2D eigenvalue weighted by Crippen LogP contribution is 2.05. The molecule has 0 radical (unpaired) electrons. The van der Waals surface area contributed by atoms with E-state index < -0.39 is 12.2 Å². The molecule has 2 rings (SSSR count). The second-order valence-corrected chi connectivity index (χ2v) is 6.83. The van der Waals surface area contributed by atoms with E-state index >= 15 is 0 Å². The molecule has 9 heteroatoms. The first kappa shape index (κ1) is 24.5. The van der Waals surface area contributed by atoms with Gasteiger partial charge < -0.3 is 30.7 Å². The van der Waals surface area contributed by atoms with Gasteiger partial charge in [-0.25, -0.2) is 14.4 Å². The molecule has 0 saturated heterocycles. The van der Waals surface area contributed by atoms with Gasteiger partial charge in [0.2, 0.25) is 0 Å². The quantitative estimate of drug-likeness (QED) is 0.399. The molecule has 0 atom stereocenters. The van der Waals surface area contributed by atoms with Crippen molar-refractivity contribution in [2.75, 3.05) is 19.8 Å². The van der Waals surface area contributed by atoms with Gasteiger partial charge in [0.25, 0.3) is 0 Å². The first-order valence-electron chi connectivity index (χ1n) is 10.5. The van der Waals surface area contributed by atoms with E-state index in [4.69, 9.17) is 9.47 Å². The Morgan fingerprint density at radius 1 is 0.719 bits per heavy atom. The topological polar surface area (TPSA) is 118 Å². The van der Waals surface area contributed by atoms with E-state index in [1.807, 2.05) is 54.6 Å². The lowest BCUT2D eigenvalue weighted by Crippen LogP contribution is -2.36. The van der Waals surface area contributed by atoms with Gasteiger partial charge in [0.15, 0.2) is 0 Å². The Morgan fingerprint density at radius 3 is 1.97 bits per heavy atom. The Labute approximate surface area is 187 Å². The van der Waals surface area contributed by atoms with Gasteiger partial charge in [-0.3, -0.25) is 0 Å². The first-order valence-corrected chi connectivity index (χ1v) is 10.5. The molecule has 0 spiro atoms. The average molecular weight is 443 g/mol. The van der Waals surface area contributed by atoms with Crippen molar-refractivity contribution in [2.45, 2.75) is 33.0 Å². The zero-order valence-corrected chi connectivity index (χ0v) is 18.2. The summed E-state index contributed by atoms with van der Waals surface area (Å²) >= 11 is 0. The molecule has 0 heterocycles. The van der Waals surface area contributed by atoms with Crippen LogP contribution in [0.3, 0.4) is 0 Å². The minimum Gasteiger partial charge on any atom is -0.450 e. The monoisotopic (exact) mass is 442 g/mol. The number of hydrogen-bond acceptors (Lipinski definition) is 5. The number of hydrogen-bond donors (Lipinski definition) is 4. The van der Waals surface area contributed by atoms with Crippen molar-refractivity contribution < 1.29 is 23.9 Å². The molecule has 0 saturated carbocycles. The van der Waals surface area contributed by atoms with Crippen LogP contribution in [0.5, 0.6) is 0 Å². The van der Waals surface area contributed by atoms with Crippen molar-refractivity contribution in [2.24, 2.45) is 0 Å². The zero-order chi connectivity index (χ0) is 23.0. The summed E-state index contributed by atoms with van der Waals surface area (Å²) in [4.78, 5) is 34.9. The highest BCUT2D eigenvalue weighted by molar-refractivity contribution is 5.73. The van der Waals surface area contributed by atoms with Crippen LogP contribution in [0.4, 0.5) is 14.4 Å². The van der Waals surface area contributed by atoms with Crippen LogP contribution in [0.25, 0.3) is 0 Å². The van der Waals surface area contributed by atoms with E-state index in [2.05, 4.69) is 21.3 Å². The van der Waals surface area contributed by atoms with Crippen LogP contribution in [-0.4, -0.2) is 38.0 Å². The fraction of sp³-hybridized carbons (Fsp3) is 0.348. The second-order valence-electron chi connectivity index (χ2n) is 6.83. The van der Waals surface area contributed by atoms with Gasteiger partial charge >= 0.3 is 18.2 Å². The van der Waals surface area contributed by atoms with Crippen molar-refractivity contribution in [1.29, 1.82) is 0 Å². The predicted octanol–water partition coefficient (Wildman–Crippen LogP) is 3.05. The summed E-state index contributed by atoms with van der Waals surface area (Å²) in [6.45, 7) is 3.72. The van der Waals surface area contributed by atoms with Gasteiger partial charge in [0, 0.05) is 26.2 Å². The minimum atomic E-state index is -0.534. The van der Waals surface area contributed by atoms with E-state index in [-0.39, 0.29) is 12.6 Å². The van der Waals surface area contributed by atoms with Crippen molar-refractivity contribution in [3.05, 3.63) is 71.3 Å². The van der Waals surface area contributed by atoms with E-state index in [1.165, 1.54) is 0 Å². The van der Waals surface area contributed by atoms with Gasteiger partial charge in [-0.1, -0.05) is 54.6 Å². The van der Waals surface area contributed by atoms with Crippen molar-refractivity contribution in [3.63, 3.8) is 0 Å². The largest absolute Gasteiger partial charge is 0.450 e. The summed E-state index contributed by atoms with van der Waals surface area (Å²) in [7, 11) is 0. The normalized spacial score (nSPS) is 10.0. The number of ether oxygens (including phenoxy) is 2. The van der Waals surface area contributed by atoms with E-state index in [9.17, 15) is 14.4 Å². The molecule has 4 N–H and O–H groups in total. The van der Waals surface area contributed by atoms with Crippen molar-refractivity contribution >= 4 is 18.2 Å². The second kappa shape index (κ2) is 14.3. The molecule has 0 aliphatic rings. The number of nitrogens with one attached hydrogen (secondary N) is 4. The van der Waals surface area contributed by atoms with Gasteiger partial charge in [0.05, 0.1) is 13.2 Å². The molecule has 2 aromatic carbocycles. The zero-order valence-electron chi connectivity index (χ0n) is 18.2. The molecular formula is C23H30N4O5. The third kappa shape index (κ3) is 10.3. The van der Waals surface area contributed by atoms with Gasteiger partial charge in [0.1, 0.15) is 0 Å². The van der Waals surface area contributed by atoms with Crippen LogP contribution in [0.2, 0.25) is 0 Å². The third-order valence-corrected chi connectivity index (χ3v) is 4.28. The lowest BCUT2D eigenvalue weighted by molar-refractivity contribution is 0.144. The van der Waals surface area contributed by atoms with Crippen LogP contribution in [0, 0.1) is 0 Å². The number of alkyl carbamates (subject to hydrolysis) is 2. The SMILES string of the molecule is CCOC(=O)NCc1cccc(CNC(=O)OCCCNC(=O)NCc2ccccc2)c1. The van der Waals surface area contributed by atoms with Crippen LogP contribution in [0.15, 0.2) is 54.6 Å². The molecular weight excluding hydrogens is 412 g/mol. The summed E-state index contributed by atoms with van der Waals surface area (Å²) in [5.74, 6) is 0. The molecule has 0 unspecified atom stereocenters. The Kier molecular flexibility index (Phi) is 10.9. The Morgan fingerprint density at radius 2 is 1.31 bits per heavy atom. The first-order chi connectivity index (χ1) is 15.6. The molecule has 2 aromatic rings. The number of carbonyl (C=O) groups excluding carboxylic acids is 3. The summed E-state index contributed by atoms with van der Waals surface area (Å²) in [6.07, 6.45) is -0.502. The molecule has 0 bridgehead atoms. The van der Waals surface area contributed by atoms with E-state index in [0.717, 1.165) is 16.7 Å². The molecule has 0 aliphatic heterocycles. The average Bonchev–Trinajstić information content (AvgIpc) is 2.81. The van der Waals surface area contributed by atoms with Crippen LogP contribution >= 0.6 is 0 Å². The third-order valence-electron chi connectivity index (χ3n) is 4.28. The fourth-order valence-corrected chi connectivity index (χ4v) is 2.71. The number of urea groups is 1. The predicted molar refractivity (Wildman–Crippen MR) is 120 cm³/mol. The lowest BCUT2D eigenvalue weighted by Gasteiger charge is -2.10. The van der Waals surface area contributed by atoms with Crippen LogP contribution in [-0.2, 0) is 29.1 Å². The number of carbonyl (C=O) groups is 3. The van der Waals surface area contributed by atoms with Gasteiger partial charge in [-0.2, -0.15) is 0 Å². The van der Waals surface area contributed by atoms with Gasteiger partial charge in [-0.05, 0) is 30.0 Å². The maximum atomic E-state index is 11.8. The Balaban J connectivity index is 1.55. The smallest absolute Gasteiger partial charge is 0.407 e. The summed E-state index contributed by atoms with van der Waals surface area (Å²) in [5.41, 5.74) is 2.78. The molecule has 172 valence electrons. The van der Waals surface area contributed by atoms with Crippen LogP contribution < -0.4 is 21.3 Å². The summed E-state index contributed by atoms with van der Waals surface area (Å²) in [6, 6.07) is 16.8. The number of amides is 4.